The Bertz CT molecular complexity index is 885. The van der Waals surface area contributed by atoms with Crippen molar-refractivity contribution in [3.8, 4) is 22.3 Å². The molecular weight excluding hydrogens is 340 g/mol. The van der Waals surface area contributed by atoms with E-state index in [1.807, 2.05) is 0 Å². The van der Waals surface area contributed by atoms with E-state index < -0.39 is 17.6 Å². The standard InChI is InChI=1S/C19H10ClF4/c20-16-6-2-3-12(10-16)13-7-8-17(18(21)11-13)14-4-1-5-15(9-14)19(22,23)24/h1-4,6-11H. The fraction of sp³-hybridized carbons (Fsp3) is 0.0526. The van der Waals surface area contributed by atoms with Crippen molar-refractivity contribution in [2.45, 2.75) is 6.18 Å². The molecule has 121 valence electrons. The average Bonchev–Trinajstić information content (AvgIpc) is 2.54. The molecule has 0 aliphatic heterocycles. The molecule has 0 saturated carbocycles. The van der Waals surface area contributed by atoms with Crippen LogP contribution in [0.5, 0.6) is 0 Å². The van der Waals surface area contributed by atoms with Crippen LogP contribution < -0.4 is 0 Å². The molecule has 0 aromatic heterocycles. The van der Waals surface area contributed by atoms with E-state index in [0.717, 1.165) is 17.7 Å². The molecule has 0 aliphatic rings. The maximum Gasteiger partial charge on any atom is 0.417 e. The average molecular weight is 350 g/mol. The van der Waals surface area contributed by atoms with Crippen LogP contribution in [0.25, 0.3) is 22.3 Å². The Balaban J connectivity index is 2.02. The molecule has 0 unspecified atom stereocenters. The molecule has 0 atom stereocenters. The smallest absolute Gasteiger partial charge is 0.206 e. The fourth-order valence-corrected chi connectivity index (χ4v) is 2.58. The van der Waals surface area contributed by atoms with Crippen molar-refractivity contribution in [2.24, 2.45) is 0 Å². The molecule has 0 saturated heterocycles. The molecule has 5 heteroatoms. The number of hydrogen-bond acceptors (Lipinski definition) is 0. The highest BCUT2D eigenvalue weighted by molar-refractivity contribution is 6.30. The minimum Gasteiger partial charge on any atom is -0.206 e. The minimum atomic E-state index is -4.52. The van der Waals surface area contributed by atoms with Crippen molar-refractivity contribution in [1.29, 1.82) is 0 Å². The normalized spacial score (nSPS) is 11.5. The summed E-state index contributed by atoms with van der Waals surface area (Å²) in [7, 11) is 0. The second kappa shape index (κ2) is 6.29. The van der Waals surface area contributed by atoms with Crippen LogP contribution in [0.15, 0.2) is 60.7 Å². The number of hydrogen-bond donors (Lipinski definition) is 0. The van der Waals surface area contributed by atoms with Crippen molar-refractivity contribution in [2.75, 3.05) is 0 Å². The summed E-state index contributed by atoms with van der Waals surface area (Å²) < 4.78 is 52.7. The predicted octanol–water partition coefficient (Wildman–Crippen LogP) is 6.63. The van der Waals surface area contributed by atoms with Gasteiger partial charge in [0, 0.05) is 10.6 Å². The maximum atomic E-state index is 14.4. The summed E-state index contributed by atoms with van der Waals surface area (Å²) in [5.41, 5.74) is 0.637. The summed E-state index contributed by atoms with van der Waals surface area (Å²) >= 11 is 5.92. The molecule has 3 rings (SSSR count). The molecule has 24 heavy (non-hydrogen) atoms. The maximum absolute atomic E-state index is 14.4. The van der Waals surface area contributed by atoms with E-state index in [4.69, 9.17) is 11.6 Å². The van der Waals surface area contributed by atoms with Crippen LogP contribution in [0.3, 0.4) is 0 Å². The van der Waals surface area contributed by atoms with Gasteiger partial charge in [-0.2, -0.15) is 13.2 Å². The Morgan fingerprint density at radius 3 is 2.25 bits per heavy atom. The Kier molecular flexibility index (Phi) is 4.33. The highest BCUT2D eigenvalue weighted by Crippen LogP contribution is 2.34. The van der Waals surface area contributed by atoms with Gasteiger partial charge in [-0.15, -0.1) is 0 Å². The lowest BCUT2D eigenvalue weighted by atomic mass is 9.98. The van der Waals surface area contributed by atoms with Gasteiger partial charge in [0.1, 0.15) is 5.82 Å². The SMILES string of the molecule is Fc1cc(-c2cccc(Cl)c2)ccc1-c1cc[c]c(C(F)(F)F)c1. The van der Waals surface area contributed by atoms with E-state index in [1.54, 1.807) is 30.3 Å². The highest BCUT2D eigenvalue weighted by atomic mass is 35.5. The lowest BCUT2D eigenvalue weighted by Crippen LogP contribution is -2.05. The Labute approximate surface area is 141 Å². The van der Waals surface area contributed by atoms with E-state index in [1.165, 1.54) is 18.2 Å². The van der Waals surface area contributed by atoms with Crippen molar-refractivity contribution in [3.05, 3.63) is 83.1 Å². The zero-order chi connectivity index (χ0) is 17.3. The van der Waals surface area contributed by atoms with Crippen molar-refractivity contribution < 1.29 is 17.6 Å². The summed E-state index contributed by atoms with van der Waals surface area (Å²) in [5, 5.41) is 0.519. The topological polar surface area (TPSA) is 0 Å². The van der Waals surface area contributed by atoms with Gasteiger partial charge in [-0.05, 0) is 47.0 Å². The van der Waals surface area contributed by atoms with Gasteiger partial charge in [-0.3, -0.25) is 0 Å². The lowest BCUT2D eigenvalue weighted by Gasteiger charge is -2.10. The molecule has 3 aromatic carbocycles. The van der Waals surface area contributed by atoms with E-state index in [9.17, 15) is 17.6 Å². The van der Waals surface area contributed by atoms with Crippen LogP contribution in [0, 0.1) is 11.9 Å². The summed E-state index contributed by atoms with van der Waals surface area (Å²) in [4.78, 5) is 0. The lowest BCUT2D eigenvalue weighted by molar-refractivity contribution is -0.137. The van der Waals surface area contributed by atoms with Gasteiger partial charge in [0.2, 0.25) is 0 Å². The summed E-state index contributed by atoms with van der Waals surface area (Å²) in [6.07, 6.45) is -4.52. The van der Waals surface area contributed by atoms with E-state index in [-0.39, 0.29) is 11.1 Å². The van der Waals surface area contributed by atoms with Crippen LogP contribution in [-0.2, 0) is 6.18 Å². The van der Waals surface area contributed by atoms with E-state index in [0.29, 0.717) is 10.6 Å². The number of benzene rings is 3. The first-order valence-corrected chi connectivity index (χ1v) is 7.37. The molecule has 0 bridgehead atoms. The van der Waals surface area contributed by atoms with Gasteiger partial charge in [-0.25, -0.2) is 4.39 Å². The first kappa shape index (κ1) is 16.5. The van der Waals surface area contributed by atoms with Crippen LogP contribution in [0.2, 0.25) is 5.02 Å². The minimum absolute atomic E-state index is 0.0975. The molecular formula is C19H10ClF4. The molecule has 0 spiro atoms. The summed E-state index contributed by atoms with van der Waals surface area (Å²) in [6.45, 7) is 0. The second-order valence-electron chi connectivity index (χ2n) is 5.19. The molecule has 3 aromatic rings. The molecule has 1 radical (unpaired) electrons. The third-order valence-corrected chi connectivity index (χ3v) is 3.78. The van der Waals surface area contributed by atoms with Crippen molar-refractivity contribution in [1.82, 2.24) is 0 Å². The van der Waals surface area contributed by atoms with Gasteiger partial charge in [-0.1, -0.05) is 48.0 Å². The fourth-order valence-electron chi connectivity index (χ4n) is 2.39. The number of halogens is 5. The first-order chi connectivity index (χ1) is 11.3. The van der Waals surface area contributed by atoms with Crippen LogP contribution >= 0.6 is 11.6 Å². The van der Waals surface area contributed by atoms with Crippen LogP contribution in [-0.4, -0.2) is 0 Å². The van der Waals surface area contributed by atoms with Crippen molar-refractivity contribution >= 4 is 11.6 Å². The molecule has 0 aliphatic carbocycles. The summed E-state index contributed by atoms with van der Waals surface area (Å²) in [5.74, 6) is -0.605. The van der Waals surface area contributed by atoms with Crippen LogP contribution in [0.4, 0.5) is 17.6 Å². The van der Waals surface area contributed by atoms with E-state index in [2.05, 4.69) is 6.07 Å². The van der Waals surface area contributed by atoms with Gasteiger partial charge in [0.15, 0.2) is 0 Å². The molecule has 0 heterocycles. The third-order valence-electron chi connectivity index (χ3n) is 3.55. The van der Waals surface area contributed by atoms with Gasteiger partial charge in [0.25, 0.3) is 0 Å². The predicted molar refractivity (Wildman–Crippen MR) is 86.1 cm³/mol. The largest absolute Gasteiger partial charge is 0.417 e. The van der Waals surface area contributed by atoms with Crippen molar-refractivity contribution in [3.63, 3.8) is 0 Å². The zero-order valence-electron chi connectivity index (χ0n) is 12.2. The molecule has 0 N–H and O–H groups in total. The Morgan fingerprint density at radius 1 is 0.833 bits per heavy atom. The number of rotatable bonds is 2. The van der Waals surface area contributed by atoms with Gasteiger partial charge >= 0.3 is 6.18 Å². The summed E-state index contributed by atoms with van der Waals surface area (Å²) in [6, 6.07) is 16.8. The highest BCUT2D eigenvalue weighted by Gasteiger charge is 2.30. The quantitative estimate of drug-likeness (QED) is 0.455. The second-order valence-corrected chi connectivity index (χ2v) is 5.63. The zero-order valence-corrected chi connectivity index (χ0v) is 12.9. The van der Waals surface area contributed by atoms with Crippen LogP contribution in [0.1, 0.15) is 5.56 Å². The third kappa shape index (κ3) is 3.44. The molecule has 0 amide bonds. The van der Waals surface area contributed by atoms with Gasteiger partial charge in [0.05, 0.1) is 5.56 Å². The number of alkyl halides is 3. The molecule has 0 fully saturated rings. The first-order valence-electron chi connectivity index (χ1n) is 6.99. The van der Waals surface area contributed by atoms with Gasteiger partial charge < -0.3 is 0 Å². The monoisotopic (exact) mass is 349 g/mol. The Hall–Kier alpha value is -2.33. The molecule has 0 nitrogen and oxygen atoms in total. The Morgan fingerprint density at radius 2 is 1.58 bits per heavy atom. The van der Waals surface area contributed by atoms with E-state index >= 15 is 0 Å².